The normalized spacial score (nSPS) is 11.5. The molecular weight excluding hydrogens is 495 g/mol. The average Bonchev–Trinajstić information content (AvgIpc) is 2.92. The van der Waals surface area contributed by atoms with Crippen molar-refractivity contribution in [3.8, 4) is 0 Å². The van der Waals surface area contributed by atoms with Crippen LogP contribution in [0.15, 0.2) is 78.9 Å². The van der Waals surface area contributed by atoms with Crippen molar-refractivity contribution in [1.29, 1.82) is 0 Å². The smallest absolute Gasteiger partial charge is 0.133 e. The Labute approximate surface area is 236 Å². The lowest BCUT2D eigenvalue weighted by Gasteiger charge is -2.39. The number of rotatable bonds is 11. The summed E-state index contributed by atoms with van der Waals surface area (Å²) < 4.78 is 0. The molecule has 1 nitrogen and oxygen atoms in total. The van der Waals surface area contributed by atoms with Gasteiger partial charge in [-0.3, -0.25) is 4.79 Å². The third kappa shape index (κ3) is 10.7. The molecule has 0 amide bonds. The average molecular weight is 542 g/mol. The lowest BCUT2D eigenvalue weighted by atomic mass is 9.65. The standard InChI is InChI=1S/C20H24Cl2.C12H16O.C2H6/c1-4-8-15(5-2)20(3,16-9-6-11-18(21)13-16)17-10-7-12-19(22)14-17;1-2-6-12(13)10-9-11-7-4-3-5-8-11;1-2/h6-7,9-15H,4-5,8H2,1-3H3;3-5,7-8H,2,6,9-10H2,1H3;1-2H3. The van der Waals surface area contributed by atoms with E-state index < -0.39 is 0 Å². The van der Waals surface area contributed by atoms with Crippen LogP contribution in [0, 0.1) is 5.92 Å². The van der Waals surface area contributed by atoms with Gasteiger partial charge in [-0.15, -0.1) is 0 Å². The second-order valence-electron chi connectivity index (χ2n) is 9.39. The maximum absolute atomic E-state index is 11.2. The minimum Gasteiger partial charge on any atom is -0.300 e. The first-order valence-electron chi connectivity index (χ1n) is 13.9. The first-order valence-corrected chi connectivity index (χ1v) is 14.7. The van der Waals surface area contributed by atoms with Crippen LogP contribution in [0.5, 0.6) is 0 Å². The van der Waals surface area contributed by atoms with Gasteiger partial charge < -0.3 is 0 Å². The van der Waals surface area contributed by atoms with Gasteiger partial charge in [0.05, 0.1) is 0 Å². The second-order valence-corrected chi connectivity index (χ2v) is 10.3. The molecule has 3 heteroatoms. The number of carbonyl (C=O) groups excluding carboxylic acids is 1. The van der Waals surface area contributed by atoms with Crippen LogP contribution in [-0.4, -0.2) is 5.78 Å². The molecule has 0 bridgehead atoms. The Morgan fingerprint density at radius 2 is 1.30 bits per heavy atom. The maximum Gasteiger partial charge on any atom is 0.133 e. The van der Waals surface area contributed by atoms with Crippen LogP contribution in [0.3, 0.4) is 0 Å². The summed E-state index contributed by atoms with van der Waals surface area (Å²) in [4.78, 5) is 11.2. The Morgan fingerprint density at radius 3 is 1.73 bits per heavy atom. The molecule has 0 fully saturated rings. The van der Waals surface area contributed by atoms with Crippen molar-refractivity contribution in [1.82, 2.24) is 0 Å². The molecule has 1 atom stereocenters. The van der Waals surface area contributed by atoms with Crippen LogP contribution in [0.2, 0.25) is 10.0 Å². The maximum atomic E-state index is 11.2. The lowest BCUT2D eigenvalue weighted by Crippen LogP contribution is -2.33. The minimum atomic E-state index is -0.0828. The van der Waals surface area contributed by atoms with Crippen LogP contribution in [0.4, 0.5) is 0 Å². The summed E-state index contributed by atoms with van der Waals surface area (Å²) in [6, 6.07) is 26.7. The van der Waals surface area contributed by atoms with Crippen LogP contribution in [0.25, 0.3) is 0 Å². The molecule has 0 aromatic heterocycles. The summed E-state index contributed by atoms with van der Waals surface area (Å²) in [5.74, 6) is 0.931. The number of aryl methyl sites for hydroxylation is 1. The summed E-state index contributed by atoms with van der Waals surface area (Å²) in [6.45, 7) is 12.9. The molecule has 0 heterocycles. The second kappa shape index (κ2) is 18.2. The first-order chi connectivity index (χ1) is 17.8. The molecule has 0 aliphatic heterocycles. The number of halogens is 2. The molecule has 0 N–H and O–H groups in total. The fourth-order valence-corrected chi connectivity index (χ4v) is 5.22. The van der Waals surface area contributed by atoms with Gasteiger partial charge in [-0.05, 0) is 66.1 Å². The minimum absolute atomic E-state index is 0.0828. The Balaban J connectivity index is 0.000000389. The first kappa shape index (κ1) is 32.9. The van der Waals surface area contributed by atoms with E-state index in [0.29, 0.717) is 18.1 Å². The number of carbonyl (C=O) groups is 1. The van der Waals surface area contributed by atoms with Gasteiger partial charge in [-0.2, -0.15) is 0 Å². The van der Waals surface area contributed by atoms with E-state index in [1.54, 1.807) is 0 Å². The van der Waals surface area contributed by atoms with Crippen LogP contribution >= 0.6 is 23.2 Å². The van der Waals surface area contributed by atoms with Crippen molar-refractivity contribution < 1.29 is 4.79 Å². The van der Waals surface area contributed by atoms with Gasteiger partial charge in [0.1, 0.15) is 5.78 Å². The van der Waals surface area contributed by atoms with Crippen molar-refractivity contribution in [3.63, 3.8) is 0 Å². The summed E-state index contributed by atoms with van der Waals surface area (Å²) in [7, 11) is 0. The van der Waals surface area contributed by atoms with E-state index in [2.05, 4.69) is 57.2 Å². The number of hydrogen-bond donors (Lipinski definition) is 0. The Bertz CT molecular complexity index is 983. The Hall–Kier alpha value is -2.09. The van der Waals surface area contributed by atoms with Gasteiger partial charge in [-0.25, -0.2) is 0 Å². The predicted octanol–water partition coefficient (Wildman–Crippen LogP) is 11.1. The Morgan fingerprint density at radius 1 is 0.757 bits per heavy atom. The number of Topliss-reactive ketones (excluding diaryl/α,β-unsaturated/α-hetero) is 1. The van der Waals surface area contributed by atoms with E-state index >= 15 is 0 Å². The zero-order valence-corrected chi connectivity index (χ0v) is 25.2. The summed E-state index contributed by atoms with van der Waals surface area (Å²) >= 11 is 12.5. The largest absolute Gasteiger partial charge is 0.300 e. The molecule has 3 aromatic rings. The molecular formula is C34H46Cl2O. The van der Waals surface area contributed by atoms with Crippen molar-refractivity contribution in [3.05, 3.63) is 106 Å². The number of benzene rings is 3. The van der Waals surface area contributed by atoms with E-state index in [1.165, 1.54) is 29.5 Å². The van der Waals surface area contributed by atoms with Gasteiger partial charge in [0.15, 0.2) is 0 Å². The zero-order valence-electron chi connectivity index (χ0n) is 23.7. The highest BCUT2D eigenvalue weighted by molar-refractivity contribution is 6.31. The third-order valence-corrected chi connectivity index (χ3v) is 7.33. The molecule has 0 saturated heterocycles. The fourth-order valence-electron chi connectivity index (χ4n) is 4.84. The molecule has 0 spiro atoms. The Kier molecular flexibility index (Phi) is 16.2. The van der Waals surface area contributed by atoms with Crippen LogP contribution < -0.4 is 0 Å². The zero-order chi connectivity index (χ0) is 27.7. The molecule has 0 saturated carbocycles. The molecule has 202 valence electrons. The van der Waals surface area contributed by atoms with E-state index in [9.17, 15) is 4.79 Å². The van der Waals surface area contributed by atoms with E-state index in [-0.39, 0.29) is 5.41 Å². The van der Waals surface area contributed by atoms with Crippen molar-refractivity contribution in [2.24, 2.45) is 5.92 Å². The van der Waals surface area contributed by atoms with Gasteiger partial charge in [0.2, 0.25) is 0 Å². The van der Waals surface area contributed by atoms with Crippen LogP contribution in [-0.2, 0) is 16.6 Å². The highest BCUT2D eigenvalue weighted by Crippen LogP contribution is 2.44. The van der Waals surface area contributed by atoms with Gasteiger partial charge in [-0.1, -0.05) is 132 Å². The summed E-state index contributed by atoms with van der Waals surface area (Å²) in [5, 5.41) is 1.58. The molecule has 0 aliphatic rings. The summed E-state index contributed by atoms with van der Waals surface area (Å²) in [5.41, 5.74) is 3.71. The van der Waals surface area contributed by atoms with E-state index in [4.69, 9.17) is 23.2 Å². The van der Waals surface area contributed by atoms with E-state index in [1.807, 2.05) is 63.2 Å². The van der Waals surface area contributed by atoms with Gasteiger partial charge in [0, 0.05) is 28.3 Å². The van der Waals surface area contributed by atoms with E-state index in [0.717, 1.165) is 35.7 Å². The molecule has 3 aromatic carbocycles. The monoisotopic (exact) mass is 540 g/mol. The lowest BCUT2D eigenvalue weighted by molar-refractivity contribution is -0.119. The number of ketones is 1. The fraction of sp³-hybridized carbons (Fsp3) is 0.441. The van der Waals surface area contributed by atoms with Gasteiger partial charge in [0.25, 0.3) is 0 Å². The molecule has 3 rings (SSSR count). The quantitative estimate of drug-likeness (QED) is 0.236. The third-order valence-electron chi connectivity index (χ3n) is 6.86. The molecule has 0 radical (unpaired) electrons. The van der Waals surface area contributed by atoms with Crippen molar-refractivity contribution >= 4 is 29.0 Å². The number of hydrogen-bond acceptors (Lipinski definition) is 1. The predicted molar refractivity (Wildman–Crippen MR) is 164 cm³/mol. The highest BCUT2D eigenvalue weighted by Gasteiger charge is 2.36. The molecule has 37 heavy (non-hydrogen) atoms. The SMILES string of the molecule is CC.CCCC(=O)CCc1ccccc1.CCCC(CC)C(C)(c1cccc(Cl)c1)c1cccc(Cl)c1. The van der Waals surface area contributed by atoms with Crippen molar-refractivity contribution in [2.75, 3.05) is 0 Å². The van der Waals surface area contributed by atoms with Crippen molar-refractivity contribution in [2.45, 2.75) is 91.9 Å². The topological polar surface area (TPSA) is 17.1 Å². The summed E-state index contributed by atoms with van der Waals surface area (Å²) in [6.07, 6.45) is 6.77. The molecule has 0 aliphatic carbocycles. The van der Waals surface area contributed by atoms with Gasteiger partial charge >= 0.3 is 0 Å². The molecule has 1 unspecified atom stereocenters. The van der Waals surface area contributed by atoms with Crippen LogP contribution in [0.1, 0.15) is 96.8 Å². The highest BCUT2D eigenvalue weighted by atomic mass is 35.5.